The highest BCUT2D eigenvalue weighted by Crippen LogP contribution is 2.18. The van der Waals surface area contributed by atoms with Crippen molar-refractivity contribution in [3.05, 3.63) is 42.2 Å². The summed E-state index contributed by atoms with van der Waals surface area (Å²) in [5, 5.41) is 6.00. The average Bonchev–Trinajstić information content (AvgIpc) is 2.55. The first-order valence-corrected chi connectivity index (χ1v) is 7.67. The van der Waals surface area contributed by atoms with Gasteiger partial charge in [-0.3, -0.25) is 4.79 Å². The summed E-state index contributed by atoms with van der Waals surface area (Å²) < 4.78 is 0. The first kappa shape index (κ1) is 16.7. The first-order chi connectivity index (χ1) is 11.0. The zero-order chi connectivity index (χ0) is 16.8. The van der Waals surface area contributed by atoms with Crippen LogP contribution >= 0.6 is 0 Å². The lowest BCUT2D eigenvalue weighted by Crippen LogP contribution is -2.32. The van der Waals surface area contributed by atoms with Crippen molar-refractivity contribution >= 4 is 23.2 Å². The predicted octanol–water partition coefficient (Wildman–Crippen LogP) is 2.81. The molecule has 0 aliphatic rings. The summed E-state index contributed by atoms with van der Waals surface area (Å²) in [6, 6.07) is 8.08. The molecule has 6 nitrogen and oxygen atoms in total. The van der Waals surface area contributed by atoms with Crippen LogP contribution in [0, 0.1) is 0 Å². The molecule has 0 aliphatic carbocycles. The molecule has 6 heteroatoms. The van der Waals surface area contributed by atoms with Crippen LogP contribution in [-0.2, 0) is 0 Å². The van der Waals surface area contributed by atoms with Crippen molar-refractivity contribution in [3.63, 3.8) is 0 Å². The maximum absolute atomic E-state index is 12.0. The van der Waals surface area contributed by atoms with Crippen molar-refractivity contribution in [2.24, 2.45) is 0 Å². The minimum Gasteiger partial charge on any atom is -0.378 e. The minimum absolute atomic E-state index is 0.135. The fraction of sp³-hybridized carbons (Fsp3) is 0.353. The molecule has 0 fully saturated rings. The van der Waals surface area contributed by atoms with Crippen molar-refractivity contribution in [3.8, 4) is 0 Å². The Morgan fingerprint density at radius 1 is 1.17 bits per heavy atom. The van der Waals surface area contributed by atoms with Crippen LogP contribution in [0.15, 0.2) is 36.7 Å². The molecule has 1 aromatic carbocycles. The van der Waals surface area contributed by atoms with Gasteiger partial charge in [0.2, 0.25) is 5.95 Å². The van der Waals surface area contributed by atoms with Gasteiger partial charge in [-0.15, -0.1) is 0 Å². The molecule has 0 spiro atoms. The van der Waals surface area contributed by atoms with E-state index in [4.69, 9.17) is 0 Å². The van der Waals surface area contributed by atoms with E-state index in [1.54, 1.807) is 0 Å². The molecule has 1 aromatic heterocycles. The maximum Gasteiger partial charge on any atom is 0.254 e. The fourth-order valence-corrected chi connectivity index (χ4v) is 1.89. The Bertz CT molecular complexity index is 637. The highest BCUT2D eigenvalue weighted by atomic mass is 16.1. The monoisotopic (exact) mass is 313 g/mol. The van der Waals surface area contributed by atoms with Crippen molar-refractivity contribution in [1.82, 2.24) is 15.3 Å². The molecule has 2 aromatic rings. The fourth-order valence-electron chi connectivity index (χ4n) is 1.89. The van der Waals surface area contributed by atoms with E-state index in [2.05, 4.69) is 20.6 Å². The van der Waals surface area contributed by atoms with Gasteiger partial charge in [0.15, 0.2) is 0 Å². The number of hydrogen-bond acceptors (Lipinski definition) is 5. The summed E-state index contributed by atoms with van der Waals surface area (Å²) in [6.45, 7) is 3.99. The number of aromatic nitrogens is 2. The number of anilines is 3. The van der Waals surface area contributed by atoms with Gasteiger partial charge in [0.25, 0.3) is 5.91 Å². The number of amides is 1. The summed E-state index contributed by atoms with van der Waals surface area (Å²) in [5.41, 5.74) is 2.47. The van der Waals surface area contributed by atoms with Gasteiger partial charge in [-0.25, -0.2) is 9.97 Å². The summed E-state index contributed by atoms with van der Waals surface area (Å²) in [5.74, 6) is 0.309. The van der Waals surface area contributed by atoms with Gasteiger partial charge >= 0.3 is 0 Å². The smallest absolute Gasteiger partial charge is 0.254 e. The molecular weight excluding hydrogens is 290 g/mol. The molecule has 0 saturated carbocycles. The molecule has 2 N–H and O–H groups in total. The molecule has 0 aliphatic heterocycles. The standard InChI is InChI=1S/C17H23N5O/c1-5-12(2)20-16(23)13-10-18-17(19-11-13)21-14-6-8-15(9-7-14)22(3)4/h6-12H,5H2,1-4H3,(H,20,23)(H,18,19,21). The number of hydrogen-bond donors (Lipinski definition) is 2. The van der Waals surface area contributed by atoms with Crippen LogP contribution in [0.25, 0.3) is 0 Å². The van der Waals surface area contributed by atoms with Crippen molar-refractivity contribution in [2.75, 3.05) is 24.3 Å². The Morgan fingerprint density at radius 3 is 2.30 bits per heavy atom. The molecule has 1 atom stereocenters. The number of nitrogens with one attached hydrogen (secondary N) is 2. The normalized spacial score (nSPS) is 11.7. The summed E-state index contributed by atoms with van der Waals surface area (Å²) in [6.07, 6.45) is 3.94. The highest BCUT2D eigenvalue weighted by molar-refractivity contribution is 5.93. The van der Waals surface area contributed by atoms with Crippen molar-refractivity contribution < 1.29 is 4.79 Å². The van der Waals surface area contributed by atoms with Gasteiger partial charge in [-0.2, -0.15) is 0 Å². The Hall–Kier alpha value is -2.63. The molecule has 0 radical (unpaired) electrons. The molecule has 0 bridgehead atoms. The van der Waals surface area contributed by atoms with Crippen LogP contribution in [0.1, 0.15) is 30.6 Å². The summed E-state index contributed by atoms with van der Waals surface area (Å²) in [7, 11) is 3.99. The van der Waals surface area contributed by atoms with Gasteiger partial charge in [0.1, 0.15) is 0 Å². The molecule has 122 valence electrons. The number of rotatable bonds is 6. The van der Waals surface area contributed by atoms with Crippen LogP contribution < -0.4 is 15.5 Å². The quantitative estimate of drug-likeness (QED) is 0.858. The van der Waals surface area contributed by atoms with Gasteiger partial charge < -0.3 is 15.5 Å². The largest absolute Gasteiger partial charge is 0.378 e. The molecule has 23 heavy (non-hydrogen) atoms. The highest BCUT2D eigenvalue weighted by Gasteiger charge is 2.09. The molecule has 1 unspecified atom stereocenters. The van der Waals surface area contributed by atoms with Gasteiger partial charge in [-0.1, -0.05) is 6.92 Å². The predicted molar refractivity (Wildman–Crippen MR) is 93.3 cm³/mol. The second-order valence-corrected chi connectivity index (χ2v) is 5.64. The van der Waals surface area contributed by atoms with Crippen LogP contribution in [-0.4, -0.2) is 36.0 Å². The Morgan fingerprint density at radius 2 is 1.78 bits per heavy atom. The lowest BCUT2D eigenvalue weighted by molar-refractivity contribution is 0.0938. The third-order valence-electron chi connectivity index (χ3n) is 3.54. The molecule has 1 amide bonds. The number of carbonyl (C=O) groups is 1. The summed E-state index contributed by atoms with van der Waals surface area (Å²) >= 11 is 0. The molecule has 0 saturated heterocycles. The van der Waals surface area contributed by atoms with E-state index < -0.39 is 0 Å². The van der Waals surface area contributed by atoms with Gasteiger partial charge in [0.05, 0.1) is 5.56 Å². The number of benzene rings is 1. The van der Waals surface area contributed by atoms with Crippen molar-refractivity contribution in [1.29, 1.82) is 0 Å². The van der Waals surface area contributed by atoms with E-state index in [0.29, 0.717) is 11.5 Å². The zero-order valence-electron chi connectivity index (χ0n) is 14.0. The van der Waals surface area contributed by atoms with E-state index in [1.807, 2.05) is 57.1 Å². The Balaban J connectivity index is 2.00. The first-order valence-electron chi connectivity index (χ1n) is 7.67. The Kier molecular flexibility index (Phi) is 5.51. The minimum atomic E-state index is -0.152. The van der Waals surface area contributed by atoms with Crippen LogP contribution in [0.4, 0.5) is 17.3 Å². The van der Waals surface area contributed by atoms with Crippen LogP contribution in [0.2, 0.25) is 0 Å². The lowest BCUT2D eigenvalue weighted by atomic mass is 10.2. The molecular formula is C17H23N5O. The molecule has 1 heterocycles. The third-order valence-corrected chi connectivity index (χ3v) is 3.54. The topological polar surface area (TPSA) is 70.2 Å². The molecule has 2 rings (SSSR count). The van der Waals surface area contributed by atoms with E-state index >= 15 is 0 Å². The van der Waals surface area contributed by atoms with E-state index in [-0.39, 0.29) is 11.9 Å². The van der Waals surface area contributed by atoms with Gasteiger partial charge in [-0.05, 0) is 37.6 Å². The second-order valence-electron chi connectivity index (χ2n) is 5.64. The zero-order valence-corrected chi connectivity index (χ0v) is 14.0. The maximum atomic E-state index is 12.0. The third kappa shape index (κ3) is 4.67. The lowest BCUT2D eigenvalue weighted by Gasteiger charge is -2.13. The van der Waals surface area contributed by atoms with Crippen LogP contribution in [0.3, 0.4) is 0 Å². The SMILES string of the molecule is CCC(C)NC(=O)c1cnc(Nc2ccc(N(C)C)cc2)nc1. The van der Waals surface area contributed by atoms with E-state index in [9.17, 15) is 4.79 Å². The van der Waals surface area contributed by atoms with E-state index in [0.717, 1.165) is 17.8 Å². The Labute approximate surface area is 137 Å². The second kappa shape index (κ2) is 7.58. The van der Waals surface area contributed by atoms with Gasteiger partial charge in [0, 0.05) is 43.9 Å². The number of carbonyl (C=O) groups excluding carboxylic acids is 1. The van der Waals surface area contributed by atoms with Crippen LogP contribution in [0.5, 0.6) is 0 Å². The summed E-state index contributed by atoms with van der Waals surface area (Å²) in [4.78, 5) is 22.4. The van der Waals surface area contributed by atoms with Crippen molar-refractivity contribution in [2.45, 2.75) is 26.3 Å². The number of nitrogens with zero attached hydrogens (tertiary/aromatic N) is 3. The average molecular weight is 313 g/mol. The van der Waals surface area contributed by atoms with E-state index in [1.165, 1.54) is 12.4 Å².